The van der Waals surface area contributed by atoms with Gasteiger partial charge in [-0.1, -0.05) is 13.0 Å². The topological polar surface area (TPSA) is 55.8 Å². The first-order valence-electron chi connectivity index (χ1n) is 5.59. The van der Waals surface area contributed by atoms with Gasteiger partial charge in [0, 0.05) is 6.61 Å². The minimum Gasteiger partial charge on any atom is -0.504 e. The summed E-state index contributed by atoms with van der Waals surface area (Å²) in [6.07, 6.45) is 0.220. The van der Waals surface area contributed by atoms with Gasteiger partial charge in [0.25, 0.3) is 0 Å². The van der Waals surface area contributed by atoms with Gasteiger partial charge in [0.15, 0.2) is 17.3 Å². The molecule has 17 heavy (non-hydrogen) atoms. The summed E-state index contributed by atoms with van der Waals surface area (Å²) < 4.78 is 10.4. The lowest BCUT2D eigenvalue weighted by Crippen LogP contribution is -2.13. The number of hydrogen-bond acceptors (Lipinski definition) is 4. The van der Waals surface area contributed by atoms with Crippen molar-refractivity contribution in [1.29, 1.82) is 0 Å². The van der Waals surface area contributed by atoms with Crippen molar-refractivity contribution in [3.63, 3.8) is 0 Å². The quantitative estimate of drug-likeness (QED) is 0.827. The van der Waals surface area contributed by atoms with Crippen molar-refractivity contribution in [2.24, 2.45) is 0 Å². The van der Waals surface area contributed by atoms with Crippen LogP contribution in [0.25, 0.3) is 0 Å². The van der Waals surface area contributed by atoms with Crippen LogP contribution in [0.5, 0.6) is 11.5 Å². The second-order valence-corrected chi connectivity index (χ2v) is 3.79. The Morgan fingerprint density at radius 1 is 1.47 bits per heavy atom. The molecule has 0 saturated carbocycles. The lowest BCUT2D eigenvalue weighted by Gasteiger charge is -2.16. The van der Waals surface area contributed by atoms with Crippen molar-refractivity contribution in [1.82, 2.24) is 0 Å². The van der Waals surface area contributed by atoms with Crippen LogP contribution < -0.4 is 4.74 Å². The number of phenols is 1. The maximum Gasteiger partial charge on any atom is 0.163 e. The van der Waals surface area contributed by atoms with E-state index >= 15 is 0 Å². The summed E-state index contributed by atoms with van der Waals surface area (Å²) >= 11 is 0. The lowest BCUT2D eigenvalue weighted by molar-refractivity contribution is -0.128. The Hall–Kier alpha value is -1.55. The molecule has 0 spiro atoms. The fraction of sp³-hybridized carbons (Fsp3) is 0.462. The third-order valence-corrected chi connectivity index (χ3v) is 2.36. The number of benzene rings is 1. The van der Waals surface area contributed by atoms with E-state index in [0.29, 0.717) is 17.9 Å². The molecule has 0 saturated heterocycles. The zero-order valence-corrected chi connectivity index (χ0v) is 10.4. The number of carbonyl (C=O) groups is 1. The van der Waals surface area contributed by atoms with Crippen molar-refractivity contribution in [2.45, 2.75) is 26.4 Å². The summed E-state index contributed by atoms with van der Waals surface area (Å²) in [5, 5.41) is 9.66. The Bertz CT molecular complexity index is 387. The van der Waals surface area contributed by atoms with E-state index in [4.69, 9.17) is 9.47 Å². The molecule has 0 bridgehead atoms. The summed E-state index contributed by atoms with van der Waals surface area (Å²) in [6, 6.07) is 4.84. The number of methoxy groups -OCH3 is 1. The number of Topliss-reactive ketones (excluding diaryl/α,β-unsaturated/α-hetero) is 1. The van der Waals surface area contributed by atoms with Crippen LogP contribution in [-0.2, 0) is 9.53 Å². The highest BCUT2D eigenvalue weighted by molar-refractivity contribution is 5.82. The smallest absolute Gasteiger partial charge is 0.163 e. The van der Waals surface area contributed by atoms with E-state index in [1.807, 2.05) is 6.92 Å². The number of phenolic OH excluding ortho intramolecular Hbond substituents is 1. The Morgan fingerprint density at radius 3 is 2.65 bits per heavy atom. The fourth-order valence-electron chi connectivity index (χ4n) is 1.55. The molecule has 4 heteroatoms. The highest BCUT2D eigenvalue weighted by Gasteiger charge is 2.18. The molecule has 0 fully saturated rings. The van der Waals surface area contributed by atoms with Crippen LogP contribution in [0.2, 0.25) is 0 Å². The minimum atomic E-state index is -0.619. The average Bonchev–Trinajstić information content (AvgIpc) is 2.29. The minimum absolute atomic E-state index is 0.0105. The molecule has 1 atom stereocenters. The van der Waals surface area contributed by atoms with E-state index in [-0.39, 0.29) is 11.5 Å². The molecule has 0 heterocycles. The first-order chi connectivity index (χ1) is 8.10. The molecule has 0 radical (unpaired) electrons. The van der Waals surface area contributed by atoms with Gasteiger partial charge in [-0.15, -0.1) is 0 Å². The predicted molar refractivity (Wildman–Crippen MR) is 64.3 cm³/mol. The predicted octanol–water partition coefficient (Wildman–Crippen LogP) is 2.46. The van der Waals surface area contributed by atoms with Gasteiger partial charge in [0.2, 0.25) is 0 Å². The summed E-state index contributed by atoms with van der Waals surface area (Å²) in [5.74, 6) is 0.311. The molecular formula is C13H18O4. The molecule has 0 aliphatic rings. The van der Waals surface area contributed by atoms with Gasteiger partial charge >= 0.3 is 0 Å². The van der Waals surface area contributed by atoms with E-state index in [9.17, 15) is 9.90 Å². The third-order valence-electron chi connectivity index (χ3n) is 2.36. The van der Waals surface area contributed by atoms with Crippen LogP contribution >= 0.6 is 0 Å². The Labute approximate surface area is 101 Å². The van der Waals surface area contributed by atoms with E-state index in [0.717, 1.165) is 6.42 Å². The maximum atomic E-state index is 11.5. The van der Waals surface area contributed by atoms with Crippen LogP contribution in [0.1, 0.15) is 31.9 Å². The fourth-order valence-corrected chi connectivity index (χ4v) is 1.55. The third kappa shape index (κ3) is 3.46. The molecule has 0 aliphatic carbocycles. The van der Waals surface area contributed by atoms with Crippen molar-refractivity contribution >= 4 is 5.78 Å². The molecule has 1 unspecified atom stereocenters. The van der Waals surface area contributed by atoms with Crippen LogP contribution in [0.3, 0.4) is 0 Å². The van der Waals surface area contributed by atoms with Crippen molar-refractivity contribution in [2.75, 3.05) is 13.7 Å². The molecule has 1 rings (SSSR count). The Morgan fingerprint density at radius 2 is 2.18 bits per heavy atom. The molecule has 0 amide bonds. The van der Waals surface area contributed by atoms with Crippen molar-refractivity contribution in [3.8, 4) is 11.5 Å². The highest BCUT2D eigenvalue weighted by Crippen LogP contribution is 2.30. The molecule has 1 aromatic carbocycles. The molecule has 94 valence electrons. The number of ketones is 1. The molecular weight excluding hydrogens is 220 g/mol. The average molecular weight is 238 g/mol. The van der Waals surface area contributed by atoms with E-state index in [1.54, 1.807) is 12.1 Å². The van der Waals surface area contributed by atoms with Crippen LogP contribution in [0, 0.1) is 0 Å². The second kappa shape index (κ2) is 6.25. The van der Waals surface area contributed by atoms with Crippen LogP contribution in [-0.4, -0.2) is 24.6 Å². The molecule has 0 aliphatic heterocycles. The number of aromatic hydroxyl groups is 1. The summed E-state index contributed by atoms with van der Waals surface area (Å²) in [4.78, 5) is 11.5. The first-order valence-corrected chi connectivity index (χ1v) is 5.59. The van der Waals surface area contributed by atoms with Crippen LogP contribution in [0.4, 0.5) is 0 Å². The molecule has 0 aromatic heterocycles. The number of rotatable bonds is 6. The molecule has 1 N–H and O–H groups in total. The maximum absolute atomic E-state index is 11.5. The van der Waals surface area contributed by atoms with Gasteiger partial charge in [-0.3, -0.25) is 4.79 Å². The molecule has 4 nitrogen and oxygen atoms in total. The summed E-state index contributed by atoms with van der Waals surface area (Å²) in [5.41, 5.74) is 0.643. The highest BCUT2D eigenvalue weighted by atomic mass is 16.5. The Balaban J connectivity index is 2.94. The standard InChI is InChI=1S/C13H18O4/c1-4-7-17-13(9(2)14)10-5-6-12(16-3)11(15)8-10/h5-6,8,13,15H,4,7H2,1-3H3. The van der Waals surface area contributed by atoms with E-state index in [2.05, 4.69) is 0 Å². The SMILES string of the molecule is CCCOC(C(C)=O)c1ccc(OC)c(O)c1. The number of ether oxygens (including phenoxy) is 2. The molecule has 1 aromatic rings. The number of carbonyl (C=O) groups excluding carboxylic acids is 1. The van der Waals surface area contributed by atoms with Gasteiger partial charge in [0.05, 0.1) is 7.11 Å². The first kappa shape index (κ1) is 13.5. The van der Waals surface area contributed by atoms with Gasteiger partial charge in [-0.05, 0) is 31.0 Å². The van der Waals surface area contributed by atoms with Gasteiger partial charge < -0.3 is 14.6 Å². The van der Waals surface area contributed by atoms with E-state index < -0.39 is 6.10 Å². The summed E-state index contributed by atoms with van der Waals surface area (Å²) in [6.45, 7) is 3.96. The summed E-state index contributed by atoms with van der Waals surface area (Å²) in [7, 11) is 1.48. The lowest BCUT2D eigenvalue weighted by atomic mass is 10.1. The van der Waals surface area contributed by atoms with Crippen molar-refractivity contribution < 1.29 is 19.4 Å². The largest absolute Gasteiger partial charge is 0.504 e. The monoisotopic (exact) mass is 238 g/mol. The zero-order valence-electron chi connectivity index (χ0n) is 10.4. The zero-order chi connectivity index (χ0) is 12.8. The number of hydrogen-bond donors (Lipinski definition) is 1. The van der Waals surface area contributed by atoms with Gasteiger partial charge in [-0.2, -0.15) is 0 Å². The van der Waals surface area contributed by atoms with Gasteiger partial charge in [-0.25, -0.2) is 0 Å². The van der Waals surface area contributed by atoms with Crippen molar-refractivity contribution in [3.05, 3.63) is 23.8 Å². The van der Waals surface area contributed by atoms with Gasteiger partial charge in [0.1, 0.15) is 6.10 Å². The van der Waals surface area contributed by atoms with Crippen LogP contribution in [0.15, 0.2) is 18.2 Å². The Kier molecular flexibility index (Phi) is 4.97. The second-order valence-electron chi connectivity index (χ2n) is 3.79. The van der Waals surface area contributed by atoms with E-state index in [1.165, 1.54) is 20.1 Å². The normalized spacial score (nSPS) is 12.2.